The lowest BCUT2D eigenvalue weighted by molar-refractivity contribution is 0.165. The molecule has 0 aliphatic carbocycles. The Morgan fingerprint density at radius 3 is 2.64 bits per heavy atom. The summed E-state index contributed by atoms with van der Waals surface area (Å²) in [5.41, 5.74) is 0.560. The van der Waals surface area contributed by atoms with E-state index in [2.05, 4.69) is 0 Å². The van der Waals surface area contributed by atoms with Gasteiger partial charge in [0.15, 0.2) is 5.69 Å². The van der Waals surface area contributed by atoms with Crippen LogP contribution < -0.4 is 4.84 Å². The molecule has 0 atom stereocenters. The van der Waals surface area contributed by atoms with E-state index in [0.717, 1.165) is 0 Å². The monoisotopic (exact) mass is 147 g/mol. The highest BCUT2D eigenvalue weighted by Gasteiger charge is 2.06. The second-order valence-electron chi connectivity index (χ2n) is 1.81. The van der Waals surface area contributed by atoms with Crippen LogP contribution in [-0.2, 0) is 0 Å². The maximum Gasteiger partial charge on any atom is 0.174 e. The Hall–Kier alpha value is -1.94. The summed E-state index contributed by atoms with van der Waals surface area (Å²) in [7, 11) is 1.43. The van der Waals surface area contributed by atoms with Gasteiger partial charge in [-0.1, -0.05) is 0 Å². The minimum Gasteiger partial charge on any atom is -0.416 e. The Labute approximate surface area is 63.8 Å². The molecule has 0 unspecified atom stereocenters. The predicted octanol–water partition coefficient (Wildman–Crippen LogP) is 0.290. The average Bonchev–Trinajstić information content (AvgIpc) is 2.45. The fraction of sp³-hybridized carbons (Fsp3) is 0.143. The van der Waals surface area contributed by atoms with Crippen molar-refractivity contribution in [3.63, 3.8) is 0 Å². The first-order valence-corrected chi connectivity index (χ1v) is 2.89. The maximum absolute atomic E-state index is 8.55. The third-order valence-electron chi connectivity index (χ3n) is 1.28. The van der Waals surface area contributed by atoms with Crippen molar-refractivity contribution in [2.24, 2.45) is 0 Å². The highest BCUT2D eigenvalue weighted by atomic mass is 16.6. The lowest BCUT2D eigenvalue weighted by atomic mass is 10.3. The zero-order valence-corrected chi connectivity index (χ0v) is 5.90. The Kier molecular flexibility index (Phi) is 1.80. The van der Waals surface area contributed by atoms with Gasteiger partial charge in [-0.2, -0.15) is 15.3 Å². The van der Waals surface area contributed by atoms with Crippen molar-refractivity contribution in [2.75, 3.05) is 7.11 Å². The minimum absolute atomic E-state index is 0.231. The quantitative estimate of drug-likeness (QED) is 0.573. The summed E-state index contributed by atoms with van der Waals surface area (Å²) in [5, 5.41) is 17.0. The fourth-order valence-electron chi connectivity index (χ4n) is 0.766. The van der Waals surface area contributed by atoms with Gasteiger partial charge in [0.05, 0.1) is 5.56 Å². The largest absolute Gasteiger partial charge is 0.416 e. The van der Waals surface area contributed by atoms with Crippen molar-refractivity contribution in [1.29, 1.82) is 10.5 Å². The van der Waals surface area contributed by atoms with E-state index in [4.69, 9.17) is 15.4 Å². The SMILES string of the molecule is COn1ccc(C#N)c1C#N. The molecule has 1 rings (SSSR count). The Balaban J connectivity index is 3.26. The van der Waals surface area contributed by atoms with Crippen LogP contribution >= 0.6 is 0 Å². The van der Waals surface area contributed by atoms with E-state index in [0.29, 0.717) is 5.56 Å². The third-order valence-corrected chi connectivity index (χ3v) is 1.28. The van der Waals surface area contributed by atoms with Gasteiger partial charge in [-0.3, -0.25) is 0 Å². The molecule has 0 amide bonds. The van der Waals surface area contributed by atoms with E-state index >= 15 is 0 Å². The van der Waals surface area contributed by atoms with Gasteiger partial charge in [0.1, 0.15) is 19.2 Å². The molecule has 0 aliphatic rings. The topological polar surface area (TPSA) is 61.7 Å². The highest BCUT2D eigenvalue weighted by molar-refractivity contribution is 5.41. The zero-order valence-electron chi connectivity index (χ0n) is 5.90. The fourth-order valence-corrected chi connectivity index (χ4v) is 0.766. The summed E-state index contributed by atoms with van der Waals surface area (Å²) < 4.78 is 1.25. The van der Waals surface area contributed by atoms with E-state index < -0.39 is 0 Å². The van der Waals surface area contributed by atoms with Crippen LogP contribution in [0.4, 0.5) is 0 Å². The summed E-state index contributed by atoms with van der Waals surface area (Å²) in [6.07, 6.45) is 1.52. The molecule has 0 N–H and O–H groups in total. The molecule has 0 bridgehead atoms. The normalized spacial score (nSPS) is 8.27. The molecule has 4 heteroatoms. The molecule has 54 valence electrons. The molecular weight excluding hydrogens is 142 g/mol. The van der Waals surface area contributed by atoms with Gasteiger partial charge in [-0.05, 0) is 6.07 Å². The van der Waals surface area contributed by atoms with Crippen LogP contribution in [0.3, 0.4) is 0 Å². The van der Waals surface area contributed by atoms with E-state index in [9.17, 15) is 0 Å². The molecule has 4 nitrogen and oxygen atoms in total. The van der Waals surface area contributed by atoms with Crippen molar-refractivity contribution in [3.05, 3.63) is 23.5 Å². The van der Waals surface area contributed by atoms with Gasteiger partial charge in [0.25, 0.3) is 0 Å². The Morgan fingerprint density at radius 1 is 1.45 bits per heavy atom. The van der Waals surface area contributed by atoms with Crippen molar-refractivity contribution in [3.8, 4) is 12.1 Å². The van der Waals surface area contributed by atoms with Gasteiger partial charge in [-0.15, -0.1) is 0 Å². The van der Waals surface area contributed by atoms with Crippen LogP contribution in [0.5, 0.6) is 0 Å². The number of hydrogen-bond acceptors (Lipinski definition) is 3. The van der Waals surface area contributed by atoms with Crippen LogP contribution in [-0.4, -0.2) is 11.8 Å². The van der Waals surface area contributed by atoms with Crippen LogP contribution in [0.1, 0.15) is 11.3 Å². The van der Waals surface area contributed by atoms with Crippen LogP contribution in [0.15, 0.2) is 12.3 Å². The molecule has 0 aromatic carbocycles. The number of aromatic nitrogens is 1. The van der Waals surface area contributed by atoms with Crippen molar-refractivity contribution < 1.29 is 4.84 Å². The lowest BCUT2D eigenvalue weighted by Gasteiger charge is -1.98. The smallest absolute Gasteiger partial charge is 0.174 e. The molecule has 0 radical (unpaired) electrons. The summed E-state index contributed by atoms with van der Waals surface area (Å²) in [6, 6.07) is 5.27. The number of rotatable bonds is 1. The van der Waals surface area contributed by atoms with Crippen molar-refractivity contribution in [1.82, 2.24) is 4.73 Å². The second-order valence-corrected chi connectivity index (χ2v) is 1.81. The van der Waals surface area contributed by atoms with Crippen LogP contribution in [0.2, 0.25) is 0 Å². The number of hydrogen-bond donors (Lipinski definition) is 0. The Morgan fingerprint density at radius 2 is 2.18 bits per heavy atom. The summed E-state index contributed by atoms with van der Waals surface area (Å²) in [6.45, 7) is 0. The highest BCUT2D eigenvalue weighted by Crippen LogP contribution is 2.05. The molecule has 1 aromatic rings. The standard InChI is InChI=1S/C7H5N3O/c1-11-10-3-2-6(4-8)7(10)5-9/h2-3H,1H3. The molecule has 0 fully saturated rings. The van der Waals surface area contributed by atoms with Crippen molar-refractivity contribution >= 4 is 0 Å². The molecule has 1 aromatic heterocycles. The van der Waals surface area contributed by atoms with Crippen molar-refractivity contribution in [2.45, 2.75) is 0 Å². The molecular formula is C7H5N3O. The van der Waals surface area contributed by atoms with Gasteiger partial charge in [0.2, 0.25) is 0 Å². The summed E-state index contributed by atoms with van der Waals surface area (Å²) in [5.74, 6) is 0. The first-order valence-electron chi connectivity index (χ1n) is 2.89. The Bertz CT molecular complexity index is 340. The summed E-state index contributed by atoms with van der Waals surface area (Å²) >= 11 is 0. The molecule has 0 saturated heterocycles. The lowest BCUT2D eigenvalue weighted by Crippen LogP contribution is -2.06. The molecule has 0 aliphatic heterocycles. The molecule has 0 saturated carbocycles. The van der Waals surface area contributed by atoms with Crippen LogP contribution in [0.25, 0.3) is 0 Å². The van der Waals surface area contributed by atoms with Gasteiger partial charge < -0.3 is 4.84 Å². The van der Waals surface area contributed by atoms with Gasteiger partial charge in [0, 0.05) is 6.20 Å². The van der Waals surface area contributed by atoms with E-state index in [1.807, 2.05) is 12.1 Å². The average molecular weight is 147 g/mol. The molecule has 1 heterocycles. The summed E-state index contributed by atoms with van der Waals surface area (Å²) in [4.78, 5) is 4.76. The maximum atomic E-state index is 8.55. The number of nitrogens with zero attached hydrogens (tertiary/aromatic N) is 3. The zero-order chi connectivity index (χ0) is 8.27. The van der Waals surface area contributed by atoms with Crippen LogP contribution in [0, 0.1) is 22.7 Å². The van der Waals surface area contributed by atoms with E-state index in [-0.39, 0.29) is 5.69 Å². The van der Waals surface area contributed by atoms with Gasteiger partial charge in [-0.25, -0.2) is 0 Å². The predicted molar refractivity (Wildman–Crippen MR) is 36.4 cm³/mol. The molecule has 11 heavy (non-hydrogen) atoms. The van der Waals surface area contributed by atoms with E-state index in [1.54, 1.807) is 0 Å². The van der Waals surface area contributed by atoms with E-state index in [1.165, 1.54) is 24.1 Å². The first-order chi connectivity index (χ1) is 5.33. The first kappa shape index (κ1) is 7.17. The minimum atomic E-state index is 0.231. The number of nitriles is 2. The van der Waals surface area contributed by atoms with Gasteiger partial charge >= 0.3 is 0 Å². The molecule has 0 spiro atoms. The third kappa shape index (κ3) is 1.02. The second kappa shape index (κ2) is 2.76.